The predicted octanol–water partition coefficient (Wildman–Crippen LogP) is 2.60. The maximum atomic E-state index is 12.9. The average molecular weight is 411 g/mol. The van der Waals surface area contributed by atoms with Gasteiger partial charge in [-0.25, -0.2) is 0 Å². The zero-order valence-electron chi connectivity index (χ0n) is 16.2. The van der Waals surface area contributed by atoms with E-state index < -0.39 is 29.7 Å². The second-order valence-corrected chi connectivity index (χ2v) is 8.72. The van der Waals surface area contributed by atoms with Crippen LogP contribution in [0.4, 0.5) is 5.00 Å². The highest BCUT2D eigenvalue weighted by Crippen LogP contribution is 2.39. The highest BCUT2D eigenvalue weighted by Gasteiger charge is 2.41. The van der Waals surface area contributed by atoms with Crippen LogP contribution < -0.4 is 11.1 Å². The number of imide groups is 1. The average Bonchev–Trinajstić information content (AvgIpc) is 3.16. The first-order valence-corrected chi connectivity index (χ1v) is 10.3. The second kappa shape index (κ2) is 7.11. The van der Waals surface area contributed by atoms with Crippen molar-refractivity contribution in [1.29, 1.82) is 0 Å². The van der Waals surface area contributed by atoms with Crippen LogP contribution in [0.1, 0.15) is 61.8 Å². The molecule has 0 unspecified atom stereocenters. The van der Waals surface area contributed by atoms with Crippen molar-refractivity contribution in [2.45, 2.75) is 39.2 Å². The first-order chi connectivity index (χ1) is 13.8. The maximum Gasteiger partial charge on any atom is 0.262 e. The van der Waals surface area contributed by atoms with Crippen molar-refractivity contribution in [2.24, 2.45) is 11.7 Å². The monoisotopic (exact) mass is 411 g/mol. The molecule has 2 atom stereocenters. The summed E-state index contributed by atoms with van der Waals surface area (Å²) in [6.45, 7) is 3.64. The number of fused-ring (bicyclic) bond motifs is 2. The minimum absolute atomic E-state index is 0.288. The Morgan fingerprint density at radius 2 is 1.83 bits per heavy atom. The van der Waals surface area contributed by atoms with Crippen molar-refractivity contribution in [3.05, 3.63) is 51.4 Å². The van der Waals surface area contributed by atoms with Crippen LogP contribution in [0.15, 0.2) is 24.3 Å². The van der Waals surface area contributed by atoms with Gasteiger partial charge in [0.15, 0.2) is 0 Å². The molecule has 4 amide bonds. The van der Waals surface area contributed by atoms with Gasteiger partial charge in [-0.2, -0.15) is 0 Å². The van der Waals surface area contributed by atoms with E-state index in [4.69, 9.17) is 5.73 Å². The number of carbonyl (C=O) groups is 4. The number of nitrogens with two attached hydrogens (primary N) is 1. The predicted molar refractivity (Wildman–Crippen MR) is 109 cm³/mol. The quantitative estimate of drug-likeness (QED) is 0.754. The molecule has 1 aromatic heterocycles. The minimum atomic E-state index is -1.03. The molecule has 0 bridgehead atoms. The summed E-state index contributed by atoms with van der Waals surface area (Å²) in [7, 11) is 0. The smallest absolute Gasteiger partial charge is 0.262 e. The third-order valence-corrected chi connectivity index (χ3v) is 6.76. The molecular weight excluding hydrogens is 390 g/mol. The fraction of sp³-hybridized carbons (Fsp3) is 0.333. The Morgan fingerprint density at radius 3 is 2.41 bits per heavy atom. The number of benzene rings is 1. The van der Waals surface area contributed by atoms with Gasteiger partial charge in [0.2, 0.25) is 5.91 Å². The van der Waals surface area contributed by atoms with Crippen LogP contribution in [0.2, 0.25) is 0 Å². The van der Waals surface area contributed by atoms with Crippen LogP contribution in [-0.4, -0.2) is 34.6 Å². The third kappa shape index (κ3) is 3.13. The summed E-state index contributed by atoms with van der Waals surface area (Å²) in [5.41, 5.74) is 7.42. The summed E-state index contributed by atoms with van der Waals surface area (Å²) in [4.78, 5) is 52.2. The molecule has 0 radical (unpaired) electrons. The van der Waals surface area contributed by atoms with Gasteiger partial charge in [0.1, 0.15) is 11.0 Å². The number of hydrogen-bond donors (Lipinski definition) is 2. The van der Waals surface area contributed by atoms with E-state index in [1.165, 1.54) is 18.3 Å². The van der Waals surface area contributed by atoms with Gasteiger partial charge < -0.3 is 11.1 Å². The van der Waals surface area contributed by atoms with E-state index in [1.807, 2.05) is 0 Å². The van der Waals surface area contributed by atoms with Crippen LogP contribution in [-0.2, 0) is 17.6 Å². The standard InChI is InChI=1S/C21H21N3O4S/c1-10-7-8-14-15(9-10)29-19(16(14)17(22)25)23-18(26)11(2)24-20(27)12-5-3-4-6-13(12)21(24)28/h3-6,10-11H,7-9H2,1-2H3,(H2,22,25)(H,23,26)/t10-,11+/m0/s1. The lowest BCUT2D eigenvalue weighted by atomic mass is 9.88. The molecule has 29 heavy (non-hydrogen) atoms. The first kappa shape index (κ1) is 19.3. The molecule has 0 saturated carbocycles. The van der Waals surface area contributed by atoms with E-state index in [9.17, 15) is 19.2 Å². The first-order valence-electron chi connectivity index (χ1n) is 9.51. The highest BCUT2D eigenvalue weighted by atomic mass is 32.1. The number of carbonyl (C=O) groups excluding carboxylic acids is 4. The lowest BCUT2D eigenvalue weighted by Crippen LogP contribution is -2.45. The summed E-state index contributed by atoms with van der Waals surface area (Å²) >= 11 is 1.35. The van der Waals surface area contributed by atoms with Crippen molar-refractivity contribution >= 4 is 40.0 Å². The molecular formula is C21H21N3O4S. The van der Waals surface area contributed by atoms with Crippen molar-refractivity contribution in [3.8, 4) is 0 Å². The van der Waals surface area contributed by atoms with Crippen molar-refractivity contribution in [3.63, 3.8) is 0 Å². The van der Waals surface area contributed by atoms with E-state index in [0.717, 1.165) is 34.6 Å². The number of nitrogens with zero attached hydrogens (tertiary/aromatic N) is 1. The van der Waals surface area contributed by atoms with Crippen molar-refractivity contribution < 1.29 is 19.2 Å². The molecule has 2 aliphatic rings. The third-order valence-electron chi connectivity index (χ3n) is 5.59. The summed E-state index contributed by atoms with van der Waals surface area (Å²) in [5, 5.41) is 3.13. The Balaban J connectivity index is 1.60. The molecule has 2 heterocycles. The SMILES string of the molecule is C[C@H]1CCc2c(sc(NC(=O)[C@@H](C)N3C(=O)c4ccccc4C3=O)c2C(N)=O)C1. The molecule has 1 aliphatic heterocycles. The van der Waals surface area contributed by atoms with Crippen molar-refractivity contribution in [1.82, 2.24) is 4.90 Å². The minimum Gasteiger partial charge on any atom is -0.365 e. The van der Waals surface area contributed by atoms with Gasteiger partial charge in [-0.05, 0) is 49.8 Å². The lowest BCUT2D eigenvalue weighted by Gasteiger charge is -2.21. The number of anilines is 1. The van der Waals surface area contributed by atoms with E-state index in [1.54, 1.807) is 24.3 Å². The molecule has 0 fully saturated rings. The Morgan fingerprint density at radius 1 is 1.21 bits per heavy atom. The molecule has 3 N–H and O–H groups in total. The Labute approximate surface area is 171 Å². The largest absolute Gasteiger partial charge is 0.365 e. The maximum absolute atomic E-state index is 12.9. The number of nitrogens with one attached hydrogen (secondary N) is 1. The Bertz CT molecular complexity index is 1020. The van der Waals surface area contributed by atoms with Crippen LogP contribution in [0.25, 0.3) is 0 Å². The molecule has 0 saturated heterocycles. The molecule has 2 aromatic rings. The fourth-order valence-electron chi connectivity index (χ4n) is 3.99. The number of thiophene rings is 1. The van der Waals surface area contributed by atoms with E-state index >= 15 is 0 Å². The van der Waals surface area contributed by atoms with E-state index in [0.29, 0.717) is 16.5 Å². The highest BCUT2D eigenvalue weighted by molar-refractivity contribution is 7.17. The van der Waals surface area contributed by atoms with E-state index in [2.05, 4.69) is 12.2 Å². The number of hydrogen-bond acceptors (Lipinski definition) is 5. The van der Waals surface area contributed by atoms with Crippen molar-refractivity contribution in [2.75, 3.05) is 5.32 Å². The van der Waals surface area contributed by atoms with Gasteiger partial charge in [0.05, 0.1) is 16.7 Å². The normalized spacial score (nSPS) is 19.0. The number of amides is 4. The Hall–Kier alpha value is -3.00. The molecule has 4 rings (SSSR count). The van der Waals surface area contributed by atoms with E-state index in [-0.39, 0.29) is 11.1 Å². The fourth-order valence-corrected chi connectivity index (χ4v) is 5.41. The second-order valence-electron chi connectivity index (χ2n) is 7.61. The number of rotatable bonds is 4. The topological polar surface area (TPSA) is 110 Å². The Kier molecular flexibility index (Phi) is 4.74. The summed E-state index contributed by atoms with van der Waals surface area (Å²) in [5.74, 6) is -1.61. The van der Waals surface area contributed by atoms with Gasteiger partial charge in [-0.15, -0.1) is 11.3 Å². The molecule has 8 heteroatoms. The zero-order chi connectivity index (χ0) is 20.9. The van der Waals surface area contributed by atoms with Gasteiger partial charge in [-0.3, -0.25) is 24.1 Å². The van der Waals surface area contributed by atoms with Crippen LogP contribution in [0, 0.1) is 5.92 Å². The molecule has 0 spiro atoms. The van der Waals surface area contributed by atoms with Gasteiger partial charge in [-0.1, -0.05) is 19.1 Å². The molecule has 1 aromatic carbocycles. The van der Waals surface area contributed by atoms with Crippen LogP contribution in [0.5, 0.6) is 0 Å². The summed E-state index contributed by atoms with van der Waals surface area (Å²) in [6, 6.07) is 5.46. The molecule has 150 valence electrons. The van der Waals surface area contributed by atoms with Gasteiger partial charge in [0.25, 0.3) is 17.7 Å². The van der Waals surface area contributed by atoms with Crippen LogP contribution in [0.3, 0.4) is 0 Å². The molecule has 1 aliphatic carbocycles. The lowest BCUT2D eigenvalue weighted by molar-refractivity contribution is -0.119. The number of primary amides is 1. The van der Waals surface area contributed by atoms with Gasteiger partial charge >= 0.3 is 0 Å². The zero-order valence-corrected chi connectivity index (χ0v) is 17.0. The van der Waals surface area contributed by atoms with Crippen LogP contribution >= 0.6 is 11.3 Å². The summed E-state index contributed by atoms with van der Waals surface area (Å²) < 4.78 is 0. The molecule has 7 nitrogen and oxygen atoms in total. The summed E-state index contributed by atoms with van der Waals surface area (Å²) in [6.07, 6.45) is 2.54. The van der Waals surface area contributed by atoms with Gasteiger partial charge in [0, 0.05) is 4.88 Å².